The van der Waals surface area contributed by atoms with Crippen molar-refractivity contribution < 1.29 is 14.3 Å². The van der Waals surface area contributed by atoms with E-state index < -0.39 is 0 Å². The number of para-hydroxylation sites is 1. The number of benzene rings is 2. The first-order valence-corrected chi connectivity index (χ1v) is 12.5. The van der Waals surface area contributed by atoms with E-state index in [9.17, 15) is 4.79 Å². The van der Waals surface area contributed by atoms with Crippen molar-refractivity contribution in [2.45, 2.75) is 32.9 Å². The van der Waals surface area contributed by atoms with E-state index in [-0.39, 0.29) is 12.0 Å². The van der Waals surface area contributed by atoms with Crippen molar-refractivity contribution in [3.63, 3.8) is 0 Å². The van der Waals surface area contributed by atoms with E-state index in [0.29, 0.717) is 33.1 Å². The van der Waals surface area contributed by atoms with Gasteiger partial charge >= 0.3 is 0 Å². The molecule has 2 heterocycles. The van der Waals surface area contributed by atoms with Gasteiger partial charge in [-0.3, -0.25) is 14.7 Å². The maximum absolute atomic E-state index is 13.5. The van der Waals surface area contributed by atoms with Crippen LogP contribution in [0.4, 0.5) is 5.69 Å². The van der Waals surface area contributed by atoms with Crippen molar-refractivity contribution in [2.24, 2.45) is 4.99 Å². The fraction of sp³-hybridized carbons (Fsp3) is 0.222. The first-order valence-electron chi connectivity index (χ1n) is 11.3. The van der Waals surface area contributed by atoms with Gasteiger partial charge in [0.05, 0.1) is 35.4 Å². The normalized spacial score (nSPS) is 16.7. The number of nitrogens with zero attached hydrogens (tertiary/aromatic N) is 3. The highest BCUT2D eigenvalue weighted by Gasteiger charge is 2.33. The zero-order chi connectivity index (χ0) is 24.8. The Morgan fingerprint density at radius 3 is 2.69 bits per heavy atom. The summed E-state index contributed by atoms with van der Waals surface area (Å²) in [6.07, 6.45) is 6.10. The fourth-order valence-electron chi connectivity index (χ4n) is 3.39. The first kappa shape index (κ1) is 24.8. The summed E-state index contributed by atoms with van der Waals surface area (Å²) in [6.45, 7) is 4.39. The molecule has 180 valence electrons. The maximum atomic E-state index is 13.5. The topological polar surface area (TPSA) is 64.0 Å². The number of halogens is 1. The minimum absolute atomic E-state index is 0.00430. The Balaban J connectivity index is 1.69. The summed E-state index contributed by atoms with van der Waals surface area (Å²) >= 11 is 7.87. The molecule has 1 saturated heterocycles. The van der Waals surface area contributed by atoms with Crippen molar-refractivity contribution in [3.05, 3.63) is 88.0 Å². The molecular formula is C27H26ClN3O3S. The minimum Gasteiger partial charge on any atom is -0.493 e. The molecule has 3 aromatic rings. The van der Waals surface area contributed by atoms with Crippen LogP contribution in [0.5, 0.6) is 11.5 Å². The molecule has 1 aromatic heterocycles. The number of amidine groups is 1. The highest BCUT2D eigenvalue weighted by Crippen LogP contribution is 2.40. The van der Waals surface area contributed by atoms with Crippen molar-refractivity contribution >= 4 is 46.2 Å². The molecule has 4 rings (SSSR count). The van der Waals surface area contributed by atoms with E-state index in [4.69, 9.17) is 26.1 Å². The van der Waals surface area contributed by atoms with Crippen molar-refractivity contribution in [2.75, 3.05) is 7.11 Å². The largest absolute Gasteiger partial charge is 0.493 e. The van der Waals surface area contributed by atoms with Crippen LogP contribution in [-0.2, 0) is 11.3 Å². The molecule has 1 aliphatic heterocycles. The van der Waals surface area contributed by atoms with Gasteiger partial charge in [0.2, 0.25) is 0 Å². The quantitative estimate of drug-likeness (QED) is 0.316. The molecule has 1 atom stereocenters. The molecule has 1 amide bonds. The number of carbonyl (C=O) groups is 1. The Morgan fingerprint density at radius 1 is 1.20 bits per heavy atom. The molecular weight excluding hydrogens is 482 g/mol. The van der Waals surface area contributed by atoms with Gasteiger partial charge in [-0.25, -0.2) is 4.99 Å². The van der Waals surface area contributed by atoms with Crippen molar-refractivity contribution in [3.8, 4) is 11.5 Å². The SMILES string of the molecule is CC[C@@H](C)Oc1c(Cl)cc(/C=C2\SC(=Nc3ccccc3)N(Cc3cccnc3)C2=O)cc1OC. The monoisotopic (exact) mass is 507 g/mol. The van der Waals surface area contributed by atoms with Crippen molar-refractivity contribution in [1.82, 2.24) is 9.88 Å². The molecule has 0 bridgehead atoms. The van der Waals surface area contributed by atoms with Crippen LogP contribution < -0.4 is 9.47 Å². The van der Waals surface area contributed by atoms with Gasteiger partial charge in [-0.1, -0.05) is 42.8 Å². The molecule has 0 saturated carbocycles. The standard InChI is InChI=1S/C27H26ClN3O3S/c1-4-18(2)34-25-22(28)13-20(14-23(25)33-3)15-24-26(32)31(17-19-9-8-12-29-16-19)27(35-24)30-21-10-6-5-7-11-21/h5-16,18H,4,17H2,1-3H3/b24-15-,30-27?/t18-/m1/s1. The number of thioether (sulfide) groups is 1. The van der Waals surface area contributed by atoms with E-state index >= 15 is 0 Å². The molecule has 8 heteroatoms. The average Bonchev–Trinajstić information content (AvgIpc) is 3.15. The summed E-state index contributed by atoms with van der Waals surface area (Å²) in [5, 5.41) is 1.03. The van der Waals surface area contributed by atoms with Crippen LogP contribution in [0.2, 0.25) is 5.02 Å². The lowest BCUT2D eigenvalue weighted by molar-refractivity contribution is -0.122. The van der Waals surface area contributed by atoms with E-state index in [1.807, 2.05) is 62.4 Å². The number of methoxy groups -OCH3 is 1. The van der Waals surface area contributed by atoms with Crippen LogP contribution in [0.25, 0.3) is 6.08 Å². The number of aliphatic imine (C=N–C) groups is 1. The molecule has 0 unspecified atom stereocenters. The maximum Gasteiger partial charge on any atom is 0.267 e. The lowest BCUT2D eigenvalue weighted by Gasteiger charge is -2.17. The Morgan fingerprint density at radius 2 is 2.00 bits per heavy atom. The summed E-state index contributed by atoms with van der Waals surface area (Å²) in [5.41, 5.74) is 2.43. The van der Waals surface area contributed by atoms with E-state index in [0.717, 1.165) is 23.2 Å². The van der Waals surface area contributed by atoms with E-state index in [1.54, 1.807) is 36.5 Å². The Labute approximate surface area is 214 Å². The van der Waals surface area contributed by atoms with Gasteiger partial charge in [-0.15, -0.1) is 0 Å². The lowest BCUT2D eigenvalue weighted by Crippen LogP contribution is -2.28. The molecule has 35 heavy (non-hydrogen) atoms. The zero-order valence-electron chi connectivity index (χ0n) is 19.8. The summed E-state index contributed by atoms with van der Waals surface area (Å²) < 4.78 is 11.5. The molecule has 6 nitrogen and oxygen atoms in total. The average molecular weight is 508 g/mol. The van der Waals surface area contributed by atoms with E-state index in [1.165, 1.54) is 11.8 Å². The summed E-state index contributed by atoms with van der Waals surface area (Å²) in [5.74, 6) is 0.884. The summed E-state index contributed by atoms with van der Waals surface area (Å²) in [7, 11) is 1.57. The molecule has 0 spiro atoms. The Bertz CT molecular complexity index is 1250. The molecule has 0 aliphatic carbocycles. The van der Waals surface area contributed by atoms with Crippen LogP contribution in [0.15, 0.2) is 76.9 Å². The van der Waals surface area contributed by atoms with Gasteiger partial charge in [-0.05, 0) is 72.6 Å². The van der Waals surface area contributed by atoms with Gasteiger partial charge < -0.3 is 9.47 Å². The van der Waals surface area contributed by atoms with Crippen LogP contribution in [0.3, 0.4) is 0 Å². The van der Waals surface area contributed by atoms with Crippen LogP contribution in [0.1, 0.15) is 31.4 Å². The number of hydrogen-bond donors (Lipinski definition) is 0. The number of ether oxygens (including phenoxy) is 2. The minimum atomic E-state index is -0.136. The molecule has 2 aromatic carbocycles. The number of aromatic nitrogens is 1. The zero-order valence-corrected chi connectivity index (χ0v) is 21.3. The van der Waals surface area contributed by atoms with Crippen LogP contribution >= 0.6 is 23.4 Å². The molecule has 1 aliphatic rings. The van der Waals surface area contributed by atoms with Crippen LogP contribution in [-0.4, -0.2) is 34.2 Å². The second kappa shape index (κ2) is 11.4. The van der Waals surface area contributed by atoms with Gasteiger partial charge in [0.1, 0.15) is 0 Å². The summed E-state index contributed by atoms with van der Waals surface area (Å²) in [6, 6.07) is 17.0. The molecule has 0 radical (unpaired) electrons. The number of pyridine rings is 1. The summed E-state index contributed by atoms with van der Waals surface area (Å²) in [4.78, 5) is 24.6. The third-order valence-electron chi connectivity index (χ3n) is 5.38. The second-order valence-corrected chi connectivity index (χ2v) is 9.38. The highest BCUT2D eigenvalue weighted by atomic mass is 35.5. The predicted octanol–water partition coefficient (Wildman–Crippen LogP) is 6.73. The third-order valence-corrected chi connectivity index (χ3v) is 6.66. The number of amides is 1. The third kappa shape index (κ3) is 6.05. The number of rotatable bonds is 8. The van der Waals surface area contributed by atoms with Gasteiger partial charge in [0.25, 0.3) is 5.91 Å². The number of hydrogen-bond acceptors (Lipinski definition) is 6. The van der Waals surface area contributed by atoms with Gasteiger partial charge in [0.15, 0.2) is 16.7 Å². The number of carbonyl (C=O) groups excluding carboxylic acids is 1. The van der Waals surface area contributed by atoms with E-state index in [2.05, 4.69) is 4.98 Å². The van der Waals surface area contributed by atoms with Crippen LogP contribution in [0, 0.1) is 0 Å². The highest BCUT2D eigenvalue weighted by molar-refractivity contribution is 8.18. The second-order valence-electron chi connectivity index (χ2n) is 7.96. The lowest BCUT2D eigenvalue weighted by atomic mass is 10.1. The first-order chi connectivity index (χ1) is 17.0. The fourth-order valence-corrected chi connectivity index (χ4v) is 4.65. The van der Waals surface area contributed by atoms with Crippen molar-refractivity contribution in [1.29, 1.82) is 0 Å². The Hall–Kier alpha value is -3.29. The molecule has 0 N–H and O–H groups in total. The van der Waals surface area contributed by atoms with Gasteiger partial charge in [0, 0.05) is 12.4 Å². The molecule has 1 fully saturated rings. The smallest absolute Gasteiger partial charge is 0.267 e. The van der Waals surface area contributed by atoms with Gasteiger partial charge in [-0.2, -0.15) is 0 Å². The Kier molecular flexibility index (Phi) is 8.10. The predicted molar refractivity (Wildman–Crippen MR) is 142 cm³/mol.